The van der Waals surface area contributed by atoms with Crippen molar-refractivity contribution in [1.82, 2.24) is 5.16 Å². The number of nitrogens with zero attached hydrogens (tertiary/aromatic N) is 1. The van der Waals surface area contributed by atoms with E-state index in [0.717, 1.165) is 24.3 Å². The zero-order valence-electron chi connectivity index (χ0n) is 13.9. The molecule has 0 bridgehead atoms. The van der Waals surface area contributed by atoms with E-state index in [-0.39, 0.29) is 28.1 Å². The highest BCUT2D eigenvalue weighted by atomic mass is 32.2. The van der Waals surface area contributed by atoms with E-state index < -0.39 is 39.1 Å². The molecule has 0 saturated carbocycles. The highest BCUT2D eigenvalue weighted by molar-refractivity contribution is 7.89. The molecule has 3 rings (SSSR count). The molecule has 0 radical (unpaired) electrons. The van der Waals surface area contributed by atoms with Crippen LogP contribution in [0.1, 0.15) is 11.3 Å². The van der Waals surface area contributed by atoms with E-state index in [0.29, 0.717) is 0 Å². The molecule has 0 fully saturated rings. The van der Waals surface area contributed by atoms with Crippen molar-refractivity contribution in [2.75, 3.05) is 0 Å². The maximum absolute atomic E-state index is 14.2. The van der Waals surface area contributed by atoms with Gasteiger partial charge in [-0.2, -0.15) is 13.2 Å². The number of aliphatic hydroxyl groups excluding tert-OH is 1. The van der Waals surface area contributed by atoms with Gasteiger partial charge in [0.1, 0.15) is 23.0 Å². The summed E-state index contributed by atoms with van der Waals surface area (Å²) in [4.78, 5) is -0.751. The maximum Gasteiger partial charge on any atom is 0.416 e. The molecule has 148 valence electrons. The molecule has 6 nitrogen and oxygen atoms in total. The molecule has 0 spiro atoms. The molecule has 0 aliphatic heterocycles. The lowest BCUT2D eigenvalue weighted by Gasteiger charge is -2.09. The van der Waals surface area contributed by atoms with Gasteiger partial charge in [0.25, 0.3) is 0 Å². The molecule has 11 heteroatoms. The van der Waals surface area contributed by atoms with Crippen molar-refractivity contribution in [2.24, 2.45) is 5.14 Å². The second-order valence-corrected chi connectivity index (χ2v) is 7.29. The number of hydrogen-bond acceptors (Lipinski definition) is 5. The third-order valence-corrected chi connectivity index (χ3v) is 4.84. The molecule has 0 unspecified atom stereocenters. The minimum atomic E-state index is -4.59. The Hall–Kier alpha value is -2.76. The van der Waals surface area contributed by atoms with Gasteiger partial charge in [-0.1, -0.05) is 23.4 Å². The van der Waals surface area contributed by atoms with Crippen LogP contribution in [0.3, 0.4) is 0 Å². The van der Waals surface area contributed by atoms with Crippen molar-refractivity contribution >= 4 is 10.0 Å². The number of primary sulfonamides is 1. The van der Waals surface area contributed by atoms with Crippen LogP contribution in [0.5, 0.6) is 0 Å². The number of alkyl halides is 3. The Balaban J connectivity index is 2.19. The Kier molecular flexibility index (Phi) is 5.00. The Morgan fingerprint density at radius 2 is 1.82 bits per heavy atom. The van der Waals surface area contributed by atoms with E-state index in [1.165, 1.54) is 18.2 Å². The number of hydrogen-bond donors (Lipinski definition) is 2. The van der Waals surface area contributed by atoms with Crippen molar-refractivity contribution in [1.29, 1.82) is 0 Å². The zero-order valence-corrected chi connectivity index (χ0v) is 14.7. The van der Waals surface area contributed by atoms with E-state index in [4.69, 9.17) is 9.66 Å². The lowest BCUT2D eigenvalue weighted by Crippen LogP contribution is -2.14. The maximum atomic E-state index is 14.2. The van der Waals surface area contributed by atoms with Crippen molar-refractivity contribution in [3.8, 4) is 22.4 Å². The van der Waals surface area contributed by atoms with Gasteiger partial charge in [0, 0.05) is 5.56 Å². The fourth-order valence-electron chi connectivity index (χ4n) is 2.66. The SMILES string of the molecule is NS(=O)(=O)c1ccc(-c2c(-c3cccc(C(F)(F)F)c3)noc2CO)cc1F. The van der Waals surface area contributed by atoms with E-state index in [1.807, 2.05) is 0 Å². The summed E-state index contributed by atoms with van der Waals surface area (Å²) < 4.78 is 80.8. The molecule has 2 aromatic carbocycles. The Bertz CT molecular complexity index is 1140. The third kappa shape index (κ3) is 3.77. The van der Waals surface area contributed by atoms with Crippen LogP contribution in [0.15, 0.2) is 51.9 Å². The average molecular weight is 416 g/mol. The minimum absolute atomic E-state index is 0.0178. The second kappa shape index (κ2) is 7.00. The number of halogens is 4. The quantitative estimate of drug-likeness (QED) is 0.635. The second-order valence-electron chi connectivity index (χ2n) is 5.76. The predicted molar refractivity (Wildman–Crippen MR) is 89.6 cm³/mol. The number of aliphatic hydroxyl groups is 1. The van der Waals surface area contributed by atoms with E-state index >= 15 is 0 Å². The largest absolute Gasteiger partial charge is 0.416 e. The van der Waals surface area contributed by atoms with E-state index in [9.17, 15) is 31.1 Å². The van der Waals surface area contributed by atoms with Crippen LogP contribution < -0.4 is 5.14 Å². The van der Waals surface area contributed by atoms with Crippen LogP contribution in [-0.2, 0) is 22.8 Å². The standard InChI is InChI=1S/C17H12F4N2O4S/c18-12-7-9(4-5-14(12)28(22,25)26)15-13(8-24)27-23-16(15)10-2-1-3-11(6-10)17(19,20)21/h1-7,24H,8H2,(H2,22,25,26). The summed E-state index contributed by atoms with van der Waals surface area (Å²) in [6, 6.07) is 7.12. The molecule has 28 heavy (non-hydrogen) atoms. The molecular weight excluding hydrogens is 404 g/mol. The first-order chi connectivity index (χ1) is 13.0. The topological polar surface area (TPSA) is 106 Å². The number of nitrogens with two attached hydrogens (primary N) is 1. The van der Waals surface area contributed by atoms with Crippen LogP contribution in [0, 0.1) is 5.82 Å². The minimum Gasteiger partial charge on any atom is -0.388 e. The van der Waals surface area contributed by atoms with Gasteiger partial charge < -0.3 is 9.63 Å². The fraction of sp³-hybridized carbons (Fsp3) is 0.118. The number of sulfonamides is 1. The molecule has 1 aromatic heterocycles. The molecule has 3 N–H and O–H groups in total. The molecule has 1 heterocycles. The normalized spacial score (nSPS) is 12.4. The monoisotopic (exact) mass is 416 g/mol. The van der Waals surface area contributed by atoms with Crippen LogP contribution >= 0.6 is 0 Å². The predicted octanol–water partition coefficient (Wildman–Crippen LogP) is 3.31. The summed E-state index contributed by atoms with van der Waals surface area (Å²) in [6.07, 6.45) is -4.59. The Morgan fingerprint density at radius 1 is 1.11 bits per heavy atom. The first-order valence-electron chi connectivity index (χ1n) is 7.62. The number of benzene rings is 2. The smallest absolute Gasteiger partial charge is 0.388 e. The zero-order chi connectivity index (χ0) is 20.7. The molecule has 0 atom stereocenters. The molecule has 0 saturated heterocycles. The molecular formula is C17H12F4N2O4S. The van der Waals surface area contributed by atoms with Crippen LogP contribution in [0.25, 0.3) is 22.4 Å². The average Bonchev–Trinajstić information content (AvgIpc) is 3.04. The van der Waals surface area contributed by atoms with Crippen molar-refractivity contribution in [2.45, 2.75) is 17.7 Å². The summed E-state index contributed by atoms with van der Waals surface area (Å²) in [5.41, 5.74) is -0.910. The van der Waals surface area contributed by atoms with Gasteiger partial charge in [0.05, 0.1) is 11.1 Å². The Labute approximate surface area is 156 Å². The van der Waals surface area contributed by atoms with Crippen molar-refractivity contribution in [3.05, 3.63) is 59.6 Å². The Morgan fingerprint density at radius 3 is 2.39 bits per heavy atom. The molecule has 0 aliphatic carbocycles. The summed E-state index contributed by atoms with van der Waals surface area (Å²) in [5, 5.41) is 18.1. The van der Waals surface area contributed by atoms with Gasteiger partial charge in [-0.25, -0.2) is 17.9 Å². The summed E-state index contributed by atoms with van der Waals surface area (Å²) >= 11 is 0. The first-order valence-corrected chi connectivity index (χ1v) is 9.16. The van der Waals surface area contributed by atoms with Gasteiger partial charge in [-0.3, -0.25) is 0 Å². The molecule has 0 aliphatic rings. The van der Waals surface area contributed by atoms with Gasteiger partial charge in [0.2, 0.25) is 10.0 Å². The van der Waals surface area contributed by atoms with Crippen LogP contribution in [-0.4, -0.2) is 18.7 Å². The molecule has 3 aromatic rings. The summed E-state index contributed by atoms with van der Waals surface area (Å²) in [7, 11) is -4.31. The van der Waals surface area contributed by atoms with Gasteiger partial charge in [0.15, 0.2) is 5.76 Å². The highest BCUT2D eigenvalue weighted by Crippen LogP contribution is 2.38. The van der Waals surface area contributed by atoms with Gasteiger partial charge >= 0.3 is 6.18 Å². The lowest BCUT2D eigenvalue weighted by molar-refractivity contribution is -0.137. The third-order valence-electron chi connectivity index (χ3n) is 3.90. The summed E-state index contributed by atoms with van der Waals surface area (Å²) in [5.74, 6) is -1.30. The van der Waals surface area contributed by atoms with Crippen molar-refractivity contribution < 1.29 is 35.6 Å². The van der Waals surface area contributed by atoms with E-state index in [1.54, 1.807) is 0 Å². The van der Waals surface area contributed by atoms with Gasteiger partial charge in [-0.05, 0) is 29.8 Å². The summed E-state index contributed by atoms with van der Waals surface area (Å²) in [6.45, 7) is -0.667. The first kappa shape index (κ1) is 20.0. The highest BCUT2D eigenvalue weighted by Gasteiger charge is 2.31. The fourth-order valence-corrected chi connectivity index (χ4v) is 3.25. The lowest BCUT2D eigenvalue weighted by atomic mass is 9.98. The molecule has 0 amide bonds. The van der Waals surface area contributed by atoms with E-state index in [2.05, 4.69) is 5.16 Å². The van der Waals surface area contributed by atoms with Crippen LogP contribution in [0.4, 0.5) is 17.6 Å². The number of rotatable bonds is 4. The van der Waals surface area contributed by atoms with Gasteiger partial charge in [-0.15, -0.1) is 0 Å². The number of aromatic nitrogens is 1. The van der Waals surface area contributed by atoms with Crippen LogP contribution in [0.2, 0.25) is 0 Å². The van der Waals surface area contributed by atoms with Crippen molar-refractivity contribution in [3.63, 3.8) is 0 Å².